The lowest BCUT2D eigenvalue weighted by atomic mass is 9.91. The molecule has 1 aliphatic rings. The molecular formula is C17H26ClN. The van der Waals surface area contributed by atoms with Gasteiger partial charge in [-0.3, -0.25) is 0 Å². The Kier molecular flexibility index (Phi) is 5.72. The Labute approximate surface area is 122 Å². The van der Waals surface area contributed by atoms with Gasteiger partial charge < -0.3 is 5.32 Å². The lowest BCUT2D eigenvalue weighted by molar-refractivity contribution is 0.348. The minimum Gasteiger partial charge on any atom is -0.313 e. The zero-order valence-electron chi connectivity index (χ0n) is 12.2. The quantitative estimate of drug-likeness (QED) is 0.797. The average Bonchev–Trinajstić information content (AvgIpc) is 2.83. The molecule has 3 atom stereocenters. The van der Waals surface area contributed by atoms with Crippen LogP contribution in [-0.4, -0.2) is 12.6 Å². The van der Waals surface area contributed by atoms with Gasteiger partial charge in [0, 0.05) is 11.1 Å². The van der Waals surface area contributed by atoms with Crippen LogP contribution in [0.4, 0.5) is 0 Å². The normalized spacial score (nSPS) is 24.6. The molecule has 1 nitrogen and oxygen atoms in total. The zero-order chi connectivity index (χ0) is 13.7. The molecule has 2 heteroatoms. The summed E-state index contributed by atoms with van der Waals surface area (Å²) >= 11 is 5.96. The second-order valence-corrected chi connectivity index (χ2v) is 6.51. The van der Waals surface area contributed by atoms with Crippen LogP contribution in [0, 0.1) is 11.8 Å². The maximum atomic E-state index is 5.96. The molecule has 0 amide bonds. The largest absolute Gasteiger partial charge is 0.313 e. The van der Waals surface area contributed by atoms with Crippen LogP contribution >= 0.6 is 11.6 Å². The van der Waals surface area contributed by atoms with Crippen LogP contribution in [0.5, 0.6) is 0 Å². The van der Waals surface area contributed by atoms with Crippen molar-refractivity contribution in [2.24, 2.45) is 11.8 Å². The van der Waals surface area contributed by atoms with E-state index in [0.717, 1.165) is 29.8 Å². The van der Waals surface area contributed by atoms with E-state index in [1.165, 1.54) is 31.2 Å². The lowest BCUT2D eigenvalue weighted by Gasteiger charge is -2.25. The first kappa shape index (κ1) is 14.9. The monoisotopic (exact) mass is 279 g/mol. The van der Waals surface area contributed by atoms with Crippen molar-refractivity contribution in [2.75, 3.05) is 6.54 Å². The van der Waals surface area contributed by atoms with E-state index in [-0.39, 0.29) is 0 Å². The van der Waals surface area contributed by atoms with E-state index >= 15 is 0 Å². The highest BCUT2D eigenvalue weighted by Crippen LogP contribution is 2.33. The Morgan fingerprint density at radius 2 is 2.00 bits per heavy atom. The van der Waals surface area contributed by atoms with Gasteiger partial charge in [0.25, 0.3) is 0 Å². The number of rotatable bonds is 6. The zero-order valence-corrected chi connectivity index (χ0v) is 12.9. The number of nitrogens with one attached hydrogen (secondary N) is 1. The van der Waals surface area contributed by atoms with Gasteiger partial charge in [0.05, 0.1) is 0 Å². The summed E-state index contributed by atoms with van der Waals surface area (Å²) in [5.74, 6) is 1.75. The Morgan fingerprint density at radius 1 is 1.26 bits per heavy atom. The summed E-state index contributed by atoms with van der Waals surface area (Å²) in [5, 5.41) is 4.59. The summed E-state index contributed by atoms with van der Waals surface area (Å²) in [6.45, 7) is 5.76. The average molecular weight is 280 g/mol. The van der Waals surface area contributed by atoms with Crippen molar-refractivity contribution >= 4 is 11.6 Å². The molecule has 0 bridgehead atoms. The number of hydrogen-bond donors (Lipinski definition) is 1. The first-order valence-electron chi connectivity index (χ1n) is 7.67. The van der Waals surface area contributed by atoms with E-state index in [9.17, 15) is 0 Å². The summed E-state index contributed by atoms with van der Waals surface area (Å²) in [6.07, 6.45) is 6.51. The Hall–Kier alpha value is -0.530. The Morgan fingerprint density at radius 3 is 2.58 bits per heavy atom. The van der Waals surface area contributed by atoms with Gasteiger partial charge in [-0.15, -0.1) is 0 Å². The van der Waals surface area contributed by atoms with Gasteiger partial charge in [-0.1, -0.05) is 44.0 Å². The van der Waals surface area contributed by atoms with Crippen molar-refractivity contribution in [2.45, 2.75) is 52.0 Å². The summed E-state index contributed by atoms with van der Waals surface area (Å²) in [7, 11) is 0. The van der Waals surface area contributed by atoms with Crippen molar-refractivity contribution in [3.05, 3.63) is 34.9 Å². The Bertz CT molecular complexity index is 373. The SMILES string of the molecule is CCCNC(Cc1ccc(Cl)cc1)C1CCC(C)C1. The fourth-order valence-corrected chi connectivity index (χ4v) is 3.35. The van der Waals surface area contributed by atoms with Gasteiger partial charge in [-0.2, -0.15) is 0 Å². The third-order valence-corrected chi connectivity index (χ3v) is 4.58. The number of hydrogen-bond acceptors (Lipinski definition) is 1. The first-order chi connectivity index (χ1) is 9.19. The highest BCUT2D eigenvalue weighted by molar-refractivity contribution is 6.30. The van der Waals surface area contributed by atoms with Crippen LogP contribution in [0.3, 0.4) is 0 Å². The number of halogens is 1. The van der Waals surface area contributed by atoms with E-state index in [0.29, 0.717) is 6.04 Å². The molecule has 1 aliphatic carbocycles. The molecule has 0 heterocycles. The van der Waals surface area contributed by atoms with Crippen molar-refractivity contribution < 1.29 is 0 Å². The van der Waals surface area contributed by atoms with Gasteiger partial charge in [-0.05, 0) is 61.8 Å². The molecule has 0 spiro atoms. The fraction of sp³-hybridized carbons (Fsp3) is 0.647. The molecule has 1 fully saturated rings. The molecule has 2 rings (SSSR count). The van der Waals surface area contributed by atoms with Crippen LogP contribution < -0.4 is 5.32 Å². The van der Waals surface area contributed by atoms with Crippen LogP contribution in [0.1, 0.15) is 45.1 Å². The predicted molar refractivity (Wildman–Crippen MR) is 83.7 cm³/mol. The molecule has 0 aromatic heterocycles. The Balaban J connectivity index is 1.98. The van der Waals surface area contributed by atoms with Crippen molar-refractivity contribution in [3.8, 4) is 0 Å². The third-order valence-electron chi connectivity index (χ3n) is 4.33. The summed E-state index contributed by atoms with van der Waals surface area (Å²) in [6, 6.07) is 8.98. The molecular weight excluding hydrogens is 254 g/mol. The molecule has 0 radical (unpaired) electrons. The summed E-state index contributed by atoms with van der Waals surface area (Å²) in [5.41, 5.74) is 1.40. The van der Waals surface area contributed by atoms with E-state index < -0.39 is 0 Å². The molecule has 19 heavy (non-hydrogen) atoms. The second-order valence-electron chi connectivity index (χ2n) is 6.07. The standard InChI is InChI=1S/C17H26ClN/c1-3-10-19-17(15-7-4-13(2)11-15)12-14-5-8-16(18)9-6-14/h5-6,8-9,13,15,17,19H,3-4,7,10-12H2,1-2H3. The lowest BCUT2D eigenvalue weighted by Crippen LogP contribution is -2.37. The van der Waals surface area contributed by atoms with Crippen molar-refractivity contribution in [1.82, 2.24) is 5.32 Å². The second kappa shape index (κ2) is 7.31. The topological polar surface area (TPSA) is 12.0 Å². The molecule has 0 aliphatic heterocycles. The molecule has 1 aromatic carbocycles. The first-order valence-corrected chi connectivity index (χ1v) is 8.04. The predicted octanol–water partition coefficient (Wildman–Crippen LogP) is 4.69. The molecule has 0 saturated heterocycles. The van der Waals surface area contributed by atoms with Crippen molar-refractivity contribution in [3.63, 3.8) is 0 Å². The van der Waals surface area contributed by atoms with Crippen LogP contribution in [-0.2, 0) is 6.42 Å². The summed E-state index contributed by atoms with van der Waals surface area (Å²) < 4.78 is 0. The summed E-state index contributed by atoms with van der Waals surface area (Å²) in [4.78, 5) is 0. The molecule has 1 aromatic rings. The van der Waals surface area contributed by atoms with Crippen molar-refractivity contribution in [1.29, 1.82) is 0 Å². The molecule has 1 saturated carbocycles. The van der Waals surface area contributed by atoms with E-state index in [4.69, 9.17) is 11.6 Å². The molecule has 1 N–H and O–H groups in total. The maximum absolute atomic E-state index is 5.96. The smallest absolute Gasteiger partial charge is 0.0406 e. The van der Waals surface area contributed by atoms with Gasteiger partial charge in [0.15, 0.2) is 0 Å². The number of benzene rings is 1. The van der Waals surface area contributed by atoms with E-state index in [1.807, 2.05) is 12.1 Å². The van der Waals surface area contributed by atoms with E-state index in [1.54, 1.807) is 0 Å². The van der Waals surface area contributed by atoms with Gasteiger partial charge >= 0.3 is 0 Å². The maximum Gasteiger partial charge on any atom is 0.0406 e. The van der Waals surface area contributed by atoms with Crippen LogP contribution in [0.2, 0.25) is 5.02 Å². The highest BCUT2D eigenvalue weighted by Gasteiger charge is 2.28. The minimum absolute atomic E-state index is 0.631. The van der Waals surface area contributed by atoms with Gasteiger partial charge in [0.2, 0.25) is 0 Å². The highest BCUT2D eigenvalue weighted by atomic mass is 35.5. The van der Waals surface area contributed by atoms with Crippen LogP contribution in [0.25, 0.3) is 0 Å². The molecule has 3 unspecified atom stereocenters. The van der Waals surface area contributed by atoms with E-state index in [2.05, 4.69) is 31.3 Å². The third kappa shape index (κ3) is 4.50. The minimum atomic E-state index is 0.631. The van der Waals surface area contributed by atoms with Gasteiger partial charge in [0.1, 0.15) is 0 Å². The van der Waals surface area contributed by atoms with Crippen LogP contribution in [0.15, 0.2) is 24.3 Å². The van der Waals surface area contributed by atoms with Gasteiger partial charge in [-0.25, -0.2) is 0 Å². The fourth-order valence-electron chi connectivity index (χ4n) is 3.23. The molecule has 106 valence electrons.